The maximum Gasteiger partial charge on any atom is 0.240 e. The van der Waals surface area contributed by atoms with E-state index in [1.807, 2.05) is 43.3 Å². The molecule has 4 aromatic rings. The normalized spacial score (nSPS) is 11.6. The van der Waals surface area contributed by atoms with Gasteiger partial charge < -0.3 is 0 Å². The van der Waals surface area contributed by atoms with Crippen LogP contribution in [0.5, 0.6) is 0 Å². The van der Waals surface area contributed by atoms with Gasteiger partial charge in [0.15, 0.2) is 0 Å². The van der Waals surface area contributed by atoms with E-state index >= 15 is 0 Å². The molecule has 4 rings (SSSR count). The fourth-order valence-electron chi connectivity index (χ4n) is 3.37. The molecule has 31 heavy (non-hydrogen) atoms. The Hall–Kier alpha value is -2.87. The summed E-state index contributed by atoms with van der Waals surface area (Å²) < 4.78 is 27.8. The molecule has 0 spiro atoms. The first-order chi connectivity index (χ1) is 15.0. The average Bonchev–Trinajstić information content (AvgIpc) is 3.28. The Balaban J connectivity index is 1.69. The predicted octanol–water partition coefficient (Wildman–Crippen LogP) is 5.52. The van der Waals surface area contributed by atoms with E-state index in [4.69, 9.17) is 0 Å². The molecule has 5 nitrogen and oxygen atoms in total. The van der Waals surface area contributed by atoms with Crippen LogP contribution in [0.2, 0.25) is 0 Å². The second-order valence-corrected chi connectivity index (χ2v) is 10.0. The van der Waals surface area contributed by atoms with E-state index in [9.17, 15) is 13.2 Å². The van der Waals surface area contributed by atoms with Crippen molar-refractivity contribution in [2.24, 2.45) is 0 Å². The van der Waals surface area contributed by atoms with Crippen LogP contribution in [0, 0.1) is 0 Å². The van der Waals surface area contributed by atoms with Crippen molar-refractivity contribution in [1.29, 1.82) is 0 Å². The lowest BCUT2D eigenvalue weighted by Crippen LogP contribution is -2.24. The summed E-state index contributed by atoms with van der Waals surface area (Å²) in [5.74, 6) is 0. The molecular weight excluding hydrogens is 428 g/mol. The van der Waals surface area contributed by atoms with Crippen LogP contribution in [0.1, 0.15) is 30.1 Å². The lowest BCUT2D eigenvalue weighted by Gasteiger charge is -2.07. The minimum Gasteiger partial charge on any atom is -0.298 e. The molecule has 0 saturated heterocycles. The van der Waals surface area contributed by atoms with Gasteiger partial charge in [0, 0.05) is 39.0 Å². The van der Waals surface area contributed by atoms with Crippen molar-refractivity contribution in [1.82, 2.24) is 9.71 Å². The predicted molar refractivity (Wildman–Crippen MR) is 126 cm³/mol. The highest BCUT2D eigenvalue weighted by atomic mass is 32.2. The molecule has 0 bridgehead atoms. The zero-order valence-corrected chi connectivity index (χ0v) is 18.7. The van der Waals surface area contributed by atoms with Crippen LogP contribution < -0.4 is 4.72 Å². The third-order valence-corrected chi connectivity index (χ3v) is 7.65. The molecule has 0 atom stereocenters. The van der Waals surface area contributed by atoms with Crippen molar-refractivity contribution < 1.29 is 13.2 Å². The Morgan fingerprint density at radius 1 is 1.03 bits per heavy atom. The molecule has 0 saturated carbocycles. The second kappa shape index (κ2) is 9.09. The molecule has 0 aliphatic carbocycles. The van der Waals surface area contributed by atoms with Gasteiger partial charge in [0.25, 0.3) is 0 Å². The van der Waals surface area contributed by atoms with Gasteiger partial charge in [-0.25, -0.2) is 13.1 Å². The number of unbranched alkanes of at least 4 members (excludes halogenated alkanes) is 1. The lowest BCUT2D eigenvalue weighted by molar-refractivity contribution is 0.112. The standard InChI is InChI=1S/C24H22N2O3S2/c1-2-3-12-26-31(28,29)19-6-4-5-18(15-19)23-9-10-24(30-23)20-11-13-25-22-8-7-17(16-27)14-21(20)22/h4-11,13-16,26H,2-3,12H2,1H3. The van der Waals surface area contributed by atoms with Crippen LogP contribution in [-0.2, 0) is 10.0 Å². The van der Waals surface area contributed by atoms with Gasteiger partial charge in [0.1, 0.15) is 6.29 Å². The molecule has 158 valence electrons. The van der Waals surface area contributed by atoms with Crippen LogP contribution in [0.4, 0.5) is 0 Å². The first kappa shape index (κ1) is 21.4. The molecule has 0 unspecified atom stereocenters. The van der Waals surface area contributed by atoms with E-state index in [0.29, 0.717) is 12.1 Å². The number of nitrogens with one attached hydrogen (secondary N) is 1. The molecule has 1 N–H and O–H groups in total. The van der Waals surface area contributed by atoms with Crippen molar-refractivity contribution in [3.8, 4) is 20.9 Å². The summed E-state index contributed by atoms with van der Waals surface area (Å²) in [6.07, 6.45) is 4.32. The Morgan fingerprint density at radius 3 is 2.68 bits per heavy atom. The summed E-state index contributed by atoms with van der Waals surface area (Å²) in [6.45, 7) is 2.46. The number of thiophene rings is 1. The highest BCUT2D eigenvalue weighted by Crippen LogP contribution is 2.37. The quantitative estimate of drug-likeness (QED) is 0.283. The number of nitrogens with zero attached hydrogens (tertiary/aromatic N) is 1. The Kier molecular flexibility index (Phi) is 6.27. The number of rotatable bonds is 8. The molecule has 0 amide bonds. The van der Waals surface area contributed by atoms with Crippen molar-refractivity contribution >= 4 is 38.5 Å². The number of carbonyl (C=O) groups excluding carboxylic acids is 1. The number of sulfonamides is 1. The van der Waals surface area contributed by atoms with Crippen LogP contribution in [0.25, 0.3) is 31.8 Å². The number of pyridine rings is 1. The van der Waals surface area contributed by atoms with E-state index in [1.54, 1.807) is 41.8 Å². The third-order valence-electron chi connectivity index (χ3n) is 5.02. The monoisotopic (exact) mass is 450 g/mol. The van der Waals surface area contributed by atoms with Gasteiger partial charge in [-0.1, -0.05) is 25.5 Å². The SMILES string of the molecule is CCCCNS(=O)(=O)c1cccc(-c2ccc(-c3ccnc4ccc(C=O)cc34)s2)c1. The average molecular weight is 451 g/mol. The smallest absolute Gasteiger partial charge is 0.240 e. The summed E-state index contributed by atoms with van der Waals surface area (Å²) in [6, 6.07) is 18.4. The van der Waals surface area contributed by atoms with Crippen molar-refractivity contribution in [2.75, 3.05) is 6.54 Å². The molecular formula is C24H22N2O3S2. The fourth-order valence-corrected chi connectivity index (χ4v) is 5.53. The van der Waals surface area contributed by atoms with E-state index < -0.39 is 10.0 Å². The lowest BCUT2D eigenvalue weighted by atomic mass is 10.1. The van der Waals surface area contributed by atoms with Crippen LogP contribution in [0.15, 0.2) is 71.8 Å². The first-order valence-corrected chi connectivity index (χ1v) is 12.4. The zero-order chi connectivity index (χ0) is 21.8. The van der Waals surface area contributed by atoms with Gasteiger partial charge in [-0.15, -0.1) is 11.3 Å². The molecule has 0 fully saturated rings. The summed E-state index contributed by atoms with van der Waals surface area (Å²) in [5, 5.41) is 0.914. The van der Waals surface area contributed by atoms with E-state index in [2.05, 4.69) is 9.71 Å². The summed E-state index contributed by atoms with van der Waals surface area (Å²) in [4.78, 5) is 17.9. The topological polar surface area (TPSA) is 76.1 Å². The van der Waals surface area contributed by atoms with E-state index in [-0.39, 0.29) is 4.90 Å². The number of carbonyl (C=O) groups is 1. The molecule has 2 heterocycles. The maximum absolute atomic E-state index is 12.6. The van der Waals surface area contributed by atoms with Crippen LogP contribution in [-0.4, -0.2) is 26.2 Å². The minimum absolute atomic E-state index is 0.265. The number of fused-ring (bicyclic) bond motifs is 1. The van der Waals surface area contributed by atoms with Crippen molar-refractivity contribution in [2.45, 2.75) is 24.7 Å². The number of benzene rings is 2. The van der Waals surface area contributed by atoms with Crippen molar-refractivity contribution in [3.63, 3.8) is 0 Å². The third kappa shape index (κ3) is 4.58. The summed E-state index contributed by atoms with van der Waals surface area (Å²) >= 11 is 1.58. The van der Waals surface area contributed by atoms with Crippen molar-refractivity contribution in [3.05, 3.63) is 72.4 Å². The van der Waals surface area contributed by atoms with Gasteiger partial charge >= 0.3 is 0 Å². The number of hydrogen-bond acceptors (Lipinski definition) is 5. The zero-order valence-electron chi connectivity index (χ0n) is 17.0. The number of aromatic nitrogens is 1. The van der Waals surface area contributed by atoms with Crippen LogP contribution >= 0.6 is 11.3 Å². The highest BCUT2D eigenvalue weighted by molar-refractivity contribution is 7.89. The summed E-state index contributed by atoms with van der Waals surface area (Å²) in [7, 11) is -3.53. The van der Waals surface area contributed by atoms with Gasteiger partial charge in [-0.2, -0.15) is 0 Å². The van der Waals surface area contributed by atoms with Gasteiger partial charge in [-0.3, -0.25) is 9.78 Å². The van der Waals surface area contributed by atoms with Gasteiger partial charge in [0.2, 0.25) is 10.0 Å². The Morgan fingerprint density at radius 2 is 1.87 bits per heavy atom. The molecule has 7 heteroatoms. The maximum atomic E-state index is 12.6. The minimum atomic E-state index is -3.53. The molecule has 0 aliphatic rings. The van der Waals surface area contributed by atoms with E-state index in [1.165, 1.54) is 0 Å². The highest BCUT2D eigenvalue weighted by Gasteiger charge is 2.15. The van der Waals surface area contributed by atoms with E-state index in [0.717, 1.165) is 50.9 Å². The number of aldehydes is 1. The number of hydrogen-bond donors (Lipinski definition) is 1. The first-order valence-electron chi connectivity index (χ1n) is 10.1. The molecule has 2 aromatic carbocycles. The summed E-state index contributed by atoms with van der Waals surface area (Å²) in [5.41, 5.74) is 3.27. The molecule has 2 aromatic heterocycles. The fraction of sp³-hybridized carbons (Fsp3) is 0.167. The molecule has 0 aliphatic heterocycles. The Bertz CT molecular complexity index is 1340. The molecule has 0 radical (unpaired) electrons. The second-order valence-electron chi connectivity index (χ2n) is 7.20. The van der Waals surface area contributed by atoms with Gasteiger partial charge in [0.05, 0.1) is 10.4 Å². The largest absolute Gasteiger partial charge is 0.298 e. The Labute approximate surface area is 185 Å². The van der Waals surface area contributed by atoms with Gasteiger partial charge in [-0.05, 0) is 60.5 Å². The van der Waals surface area contributed by atoms with Crippen LogP contribution in [0.3, 0.4) is 0 Å².